The predicted molar refractivity (Wildman–Crippen MR) is 75.2 cm³/mol. The Balaban J connectivity index is 2.78. The highest BCUT2D eigenvalue weighted by Crippen LogP contribution is 2.22. The fraction of sp³-hybridized carbons (Fsp3) is 0.750. The van der Waals surface area contributed by atoms with E-state index in [1.54, 1.807) is 0 Å². The molecule has 0 radical (unpaired) electrons. The smallest absolute Gasteiger partial charge is 0.326 e. The number of esters is 1. The molecule has 6 nitrogen and oxygen atoms in total. The average molecular weight is 286 g/mol. The van der Waals surface area contributed by atoms with Gasteiger partial charge in [-0.3, -0.25) is 10.1 Å². The van der Waals surface area contributed by atoms with Crippen LogP contribution >= 0.6 is 11.8 Å². The molecule has 19 heavy (non-hydrogen) atoms. The van der Waals surface area contributed by atoms with E-state index in [2.05, 4.69) is 15.5 Å². The normalized spacial score (nSPS) is 14.5. The average Bonchev–Trinajstić information content (AvgIpc) is 2.65. The quantitative estimate of drug-likeness (QED) is 0.625. The molecule has 1 heterocycles. The molecule has 0 aliphatic rings. The van der Waals surface area contributed by atoms with Gasteiger partial charge >= 0.3 is 5.97 Å². The Bertz CT molecular complexity index is 447. The van der Waals surface area contributed by atoms with E-state index in [-0.39, 0.29) is 12.0 Å². The fourth-order valence-electron chi connectivity index (χ4n) is 1.74. The number of thioether (sulfide) groups is 1. The van der Waals surface area contributed by atoms with Gasteiger partial charge in [0, 0.05) is 18.8 Å². The van der Waals surface area contributed by atoms with Gasteiger partial charge in [0.2, 0.25) is 0 Å². The monoisotopic (exact) mass is 286 g/mol. The Labute approximate surface area is 118 Å². The molecule has 0 aliphatic heterocycles. The lowest BCUT2D eigenvalue weighted by Crippen LogP contribution is -2.54. The molecule has 0 saturated carbocycles. The third-order valence-electron chi connectivity index (χ3n) is 2.79. The third kappa shape index (κ3) is 3.94. The zero-order valence-electron chi connectivity index (χ0n) is 12.4. The predicted octanol–water partition coefficient (Wildman–Crippen LogP) is 1.15. The van der Waals surface area contributed by atoms with Crippen LogP contribution in [0.3, 0.4) is 0 Å². The van der Waals surface area contributed by atoms with Crippen molar-refractivity contribution in [3.05, 3.63) is 5.82 Å². The number of nitrogens with zero attached hydrogens (tertiary/aromatic N) is 3. The van der Waals surface area contributed by atoms with Gasteiger partial charge in [-0.25, -0.2) is 0 Å². The van der Waals surface area contributed by atoms with Crippen molar-refractivity contribution in [2.24, 2.45) is 7.05 Å². The van der Waals surface area contributed by atoms with E-state index in [1.165, 1.54) is 18.9 Å². The first-order chi connectivity index (χ1) is 8.80. The first kappa shape index (κ1) is 16.0. The van der Waals surface area contributed by atoms with Crippen LogP contribution in [0.5, 0.6) is 0 Å². The number of nitrogens with one attached hydrogen (secondary N) is 1. The van der Waals surface area contributed by atoms with Gasteiger partial charge in [0.25, 0.3) is 0 Å². The largest absolute Gasteiger partial charge is 0.468 e. The van der Waals surface area contributed by atoms with Crippen molar-refractivity contribution < 1.29 is 9.53 Å². The molecule has 0 aromatic carbocycles. The maximum Gasteiger partial charge on any atom is 0.326 e. The number of aryl methyl sites for hydroxylation is 1. The van der Waals surface area contributed by atoms with E-state index in [1.807, 2.05) is 39.3 Å². The molecule has 1 aromatic rings. The molecular weight excluding hydrogens is 264 g/mol. The summed E-state index contributed by atoms with van der Waals surface area (Å²) >= 11 is 1.49. The maximum atomic E-state index is 11.9. The summed E-state index contributed by atoms with van der Waals surface area (Å²) in [4.78, 5) is 11.9. The third-order valence-corrected chi connectivity index (χ3v) is 4.12. The van der Waals surface area contributed by atoms with Gasteiger partial charge in [-0.15, -0.1) is 10.2 Å². The summed E-state index contributed by atoms with van der Waals surface area (Å²) in [5.74, 6) is 1.11. The number of ether oxygens (including phenoxy) is 1. The molecule has 0 spiro atoms. The molecule has 0 saturated heterocycles. The summed E-state index contributed by atoms with van der Waals surface area (Å²) in [5, 5.41) is 12.1. The van der Waals surface area contributed by atoms with Crippen LogP contribution in [0.1, 0.15) is 26.6 Å². The molecule has 0 aliphatic carbocycles. The Morgan fingerprint density at radius 2 is 2.16 bits per heavy atom. The molecule has 0 fully saturated rings. The molecule has 0 amide bonds. The van der Waals surface area contributed by atoms with Gasteiger partial charge in [-0.1, -0.05) is 11.8 Å². The molecule has 1 N–H and O–H groups in total. The SMILES string of the molecule is COC(=O)C(C)(CSc1nnc(C)n1C)NC(C)C. The lowest BCUT2D eigenvalue weighted by Gasteiger charge is -2.29. The van der Waals surface area contributed by atoms with E-state index in [0.29, 0.717) is 5.75 Å². The van der Waals surface area contributed by atoms with Crippen LogP contribution < -0.4 is 5.32 Å². The second-order valence-electron chi connectivity index (χ2n) is 5.00. The molecular formula is C12H22N4O2S. The van der Waals surface area contributed by atoms with Crippen LogP contribution in [-0.4, -0.2) is 45.2 Å². The first-order valence-electron chi connectivity index (χ1n) is 6.15. The van der Waals surface area contributed by atoms with Crippen molar-refractivity contribution in [3.8, 4) is 0 Å². The number of rotatable bonds is 6. The van der Waals surface area contributed by atoms with Crippen LogP contribution in [0, 0.1) is 6.92 Å². The zero-order chi connectivity index (χ0) is 14.6. The second kappa shape index (κ2) is 6.38. The lowest BCUT2D eigenvalue weighted by molar-refractivity contribution is -0.147. The zero-order valence-corrected chi connectivity index (χ0v) is 13.2. The molecule has 1 atom stereocenters. The number of hydrogen-bond acceptors (Lipinski definition) is 6. The second-order valence-corrected chi connectivity index (χ2v) is 5.94. The number of hydrogen-bond donors (Lipinski definition) is 1. The Morgan fingerprint density at radius 3 is 2.58 bits per heavy atom. The van der Waals surface area contributed by atoms with Crippen molar-refractivity contribution in [2.75, 3.05) is 12.9 Å². The van der Waals surface area contributed by atoms with E-state index in [0.717, 1.165) is 11.0 Å². The highest BCUT2D eigenvalue weighted by molar-refractivity contribution is 7.99. The standard InChI is InChI=1S/C12H22N4O2S/c1-8(2)13-12(4,10(17)18-6)7-19-11-15-14-9(3)16(11)5/h8,13H,7H2,1-6H3. The summed E-state index contributed by atoms with van der Waals surface area (Å²) in [6, 6.07) is 0.186. The van der Waals surface area contributed by atoms with Crippen LogP contribution in [-0.2, 0) is 16.6 Å². The van der Waals surface area contributed by atoms with Crippen LogP contribution in [0.2, 0.25) is 0 Å². The van der Waals surface area contributed by atoms with Crippen LogP contribution in [0.4, 0.5) is 0 Å². The topological polar surface area (TPSA) is 69.0 Å². The highest BCUT2D eigenvalue weighted by Gasteiger charge is 2.35. The minimum atomic E-state index is -0.743. The Kier molecular flexibility index (Phi) is 5.37. The fourth-order valence-corrected chi connectivity index (χ4v) is 2.79. The summed E-state index contributed by atoms with van der Waals surface area (Å²) < 4.78 is 6.78. The van der Waals surface area contributed by atoms with Gasteiger partial charge in [-0.2, -0.15) is 0 Å². The molecule has 1 unspecified atom stereocenters. The number of methoxy groups -OCH3 is 1. The minimum absolute atomic E-state index is 0.186. The maximum absolute atomic E-state index is 11.9. The van der Waals surface area contributed by atoms with Gasteiger partial charge in [-0.05, 0) is 27.7 Å². The van der Waals surface area contributed by atoms with Gasteiger partial charge in [0.1, 0.15) is 11.4 Å². The summed E-state index contributed by atoms with van der Waals surface area (Å²) in [6.45, 7) is 7.73. The summed E-state index contributed by atoms with van der Waals surface area (Å²) in [6.07, 6.45) is 0. The molecule has 1 rings (SSSR count). The molecule has 7 heteroatoms. The van der Waals surface area contributed by atoms with E-state index < -0.39 is 5.54 Å². The van der Waals surface area contributed by atoms with Crippen LogP contribution in [0.15, 0.2) is 5.16 Å². The van der Waals surface area contributed by atoms with E-state index >= 15 is 0 Å². The van der Waals surface area contributed by atoms with Gasteiger partial charge in [0.05, 0.1) is 7.11 Å². The molecule has 0 bridgehead atoms. The van der Waals surface area contributed by atoms with E-state index in [4.69, 9.17) is 4.74 Å². The van der Waals surface area contributed by atoms with Gasteiger partial charge < -0.3 is 9.30 Å². The van der Waals surface area contributed by atoms with Crippen molar-refractivity contribution in [2.45, 2.75) is 44.4 Å². The van der Waals surface area contributed by atoms with E-state index in [9.17, 15) is 4.79 Å². The van der Waals surface area contributed by atoms with Crippen molar-refractivity contribution in [1.82, 2.24) is 20.1 Å². The lowest BCUT2D eigenvalue weighted by atomic mass is 10.0. The molecule has 1 aromatic heterocycles. The summed E-state index contributed by atoms with van der Waals surface area (Å²) in [7, 11) is 3.31. The van der Waals surface area contributed by atoms with Crippen LogP contribution in [0.25, 0.3) is 0 Å². The van der Waals surface area contributed by atoms with Gasteiger partial charge in [0.15, 0.2) is 5.16 Å². The Morgan fingerprint density at radius 1 is 1.53 bits per heavy atom. The highest BCUT2D eigenvalue weighted by atomic mass is 32.2. The number of carbonyl (C=O) groups excluding carboxylic acids is 1. The number of carbonyl (C=O) groups is 1. The van der Waals surface area contributed by atoms with Crippen molar-refractivity contribution in [1.29, 1.82) is 0 Å². The Hall–Kier alpha value is -1.08. The first-order valence-corrected chi connectivity index (χ1v) is 7.13. The molecule has 108 valence electrons. The minimum Gasteiger partial charge on any atom is -0.468 e. The summed E-state index contributed by atoms with van der Waals surface area (Å²) in [5.41, 5.74) is -0.743. The van der Waals surface area contributed by atoms with Crippen molar-refractivity contribution in [3.63, 3.8) is 0 Å². The van der Waals surface area contributed by atoms with Crippen molar-refractivity contribution >= 4 is 17.7 Å². The number of aromatic nitrogens is 3.